The number of rotatable bonds is 9. The number of ketones is 1. The molecule has 0 aliphatic carbocycles. The highest BCUT2D eigenvalue weighted by molar-refractivity contribution is 5.75. The van der Waals surface area contributed by atoms with E-state index < -0.39 is 0 Å². The standard InChI is InChI=1S/C12H23NO2/c1-3-4-5-6-7-8-10-13(15)11-9-12(2)14/h10H,3-9,11H2,1-2H3/b13-10-. The second kappa shape index (κ2) is 9.69. The van der Waals surface area contributed by atoms with Gasteiger partial charge in [-0.15, -0.1) is 0 Å². The predicted molar refractivity (Wildman–Crippen MR) is 63.2 cm³/mol. The molecule has 3 nitrogen and oxygen atoms in total. The molecule has 0 saturated carbocycles. The molecule has 0 aromatic carbocycles. The molecule has 0 amide bonds. The van der Waals surface area contributed by atoms with Crippen molar-refractivity contribution in [3.05, 3.63) is 5.21 Å². The Bertz CT molecular complexity index is 200. The normalized spacial score (nSPS) is 11.7. The molecule has 0 unspecified atom stereocenters. The first-order valence-corrected chi connectivity index (χ1v) is 5.93. The molecule has 0 heterocycles. The molecule has 0 aromatic rings. The molecule has 0 atom stereocenters. The van der Waals surface area contributed by atoms with E-state index in [0.717, 1.165) is 17.6 Å². The van der Waals surface area contributed by atoms with Crippen molar-refractivity contribution >= 4 is 12.0 Å². The predicted octanol–water partition coefficient (Wildman–Crippen LogP) is 2.91. The molecule has 0 rings (SSSR count). The molecule has 3 heteroatoms. The fourth-order valence-corrected chi connectivity index (χ4v) is 1.34. The Morgan fingerprint density at radius 1 is 1.27 bits per heavy atom. The van der Waals surface area contributed by atoms with E-state index in [1.165, 1.54) is 32.6 Å². The van der Waals surface area contributed by atoms with Crippen LogP contribution in [0.4, 0.5) is 0 Å². The Labute approximate surface area is 92.8 Å². The molecular formula is C12H23NO2. The first kappa shape index (κ1) is 14.1. The molecule has 0 saturated heterocycles. The second-order valence-electron chi connectivity index (χ2n) is 3.98. The van der Waals surface area contributed by atoms with Gasteiger partial charge in [-0.25, -0.2) is 4.74 Å². The van der Waals surface area contributed by atoms with Gasteiger partial charge in [-0.05, 0) is 13.3 Å². The van der Waals surface area contributed by atoms with E-state index in [-0.39, 0.29) is 5.78 Å². The van der Waals surface area contributed by atoms with Gasteiger partial charge in [0.25, 0.3) is 0 Å². The summed E-state index contributed by atoms with van der Waals surface area (Å²) in [4.78, 5) is 10.6. The fourth-order valence-electron chi connectivity index (χ4n) is 1.34. The summed E-state index contributed by atoms with van der Waals surface area (Å²) in [6, 6.07) is 0. The van der Waals surface area contributed by atoms with Crippen molar-refractivity contribution in [2.24, 2.45) is 0 Å². The van der Waals surface area contributed by atoms with Crippen molar-refractivity contribution in [3.63, 3.8) is 0 Å². The molecule has 0 radical (unpaired) electrons. The maximum Gasteiger partial charge on any atom is 0.160 e. The zero-order valence-electron chi connectivity index (χ0n) is 10.00. The Morgan fingerprint density at radius 3 is 2.53 bits per heavy atom. The third-order valence-electron chi connectivity index (χ3n) is 2.32. The number of hydrogen-bond donors (Lipinski definition) is 0. The molecule has 0 spiro atoms. The average Bonchev–Trinajstić information content (AvgIpc) is 2.20. The Balaban J connectivity index is 3.37. The van der Waals surface area contributed by atoms with Crippen LogP contribution in [0.1, 0.15) is 58.8 Å². The molecule has 0 aliphatic rings. The second-order valence-corrected chi connectivity index (χ2v) is 3.98. The molecule has 88 valence electrons. The van der Waals surface area contributed by atoms with Crippen LogP contribution in [0.15, 0.2) is 0 Å². The summed E-state index contributed by atoms with van der Waals surface area (Å²) in [5.74, 6) is 0.0761. The van der Waals surface area contributed by atoms with E-state index >= 15 is 0 Å². The maximum atomic E-state index is 11.1. The van der Waals surface area contributed by atoms with Crippen LogP contribution < -0.4 is 0 Å². The largest absolute Gasteiger partial charge is 0.624 e. The van der Waals surface area contributed by atoms with E-state index in [0.29, 0.717) is 13.0 Å². The number of unbranched alkanes of at least 4 members (excludes halogenated alkanes) is 5. The van der Waals surface area contributed by atoms with Gasteiger partial charge in [-0.3, -0.25) is 4.79 Å². The van der Waals surface area contributed by atoms with Gasteiger partial charge in [0.05, 0.1) is 6.42 Å². The van der Waals surface area contributed by atoms with Gasteiger partial charge in [0.15, 0.2) is 12.8 Å². The van der Waals surface area contributed by atoms with Crippen LogP contribution in [-0.2, 0) is 4.79 Å². The molecule has 0 N–H and O–H groups in total. The monoisotopic (exact) mass is 213 g/mol. The highest BCUT2D eigenvalue weighted by Gasteiger charge is 1.97. The van der Waals surface area contributed by atoms with Gasteiger partial charge in [0.2, 0.25) is 0 Å². The number of Topliss-reactive ketones (excluding diaryl/α,β-unsaturated/α-hetero) is 1. The van der Waals surface area contributed by atoms with Gasteiger partial charge < -0.3 is 5.21 Å². The van der Waals surface area contributed by atoms with E-state index in [2.05, 4.69) is 6.92 Å². The zero-order chi connectivity index (χ0) is 11.5. The number of carbonyl (C=O) groups is 1. The maximum absolute atomic E-state index is 11.1. The highest BCUT2D eigenvalue weighted by atomic mass is 16.5. The third-order valence-corrected chi connectivity index (χ3v) is 2.32. The van der Waals surface area contributed by atoms with Crippen molar-refractivity contribution in [2.45, 2.75) is 58.8 Å². The first-order chi connectivity index (χ1) is 7.16. The number of hydrogen-bond acceptors (Lipinski definition) is 2. The third kappa shape index (κ3) is 11.1. The van der Waals surface area contributed by atoms with Gasteiger partial charge in [-0.1, -0.05) is 32.6 Å². The van der Waals surface area contributed by atoms with E-state index in [4.69, 9.17) is 0 Å². The van der Waals surface area contributed by atoms with Crippen LogP contribution in [0.5, 0.6) is 0 Å². The van der Waals surface area contributed by atoms with Crippen LogP contribution in [0.25, 0.3) is 0 Å². The summed E-state index contributed by atoms with van der Waals surface area (Å²) in [6.45, 7) is 4.01. The molecule has 0 aromatic heterocycles. The average molecular weight is 213 g/mol. The van der Waals surface area contributed by atoms with E-state index in [1.807, 2.05) is 0 Å². The molecule has 0 aliphatic heterocycles. The highest BCUT2D eigenvalue weighted by Crippen LogP contribution is 2.03. The van der Waals surface area contributed by atoms with Gasteiger partial charge >= 0.3 is 0 Å². The van der Waals surface area contributed by atoms with Gasteiger partial charge in [0.1, 0.15) is 5.78 Å². The Hall–Kier alpha value is -0.860. The summed E-state index contributed by atoms with van der Waals surface area (Å²) < 4.78 is 0.890. The minimum absolute atomic E-state index is 0.0761. The lowest BCUT2D eigenvalue weighted by Crippen LogP contribution is -2.10. The van der Waals surface area contributed by atoms with E-state index in [9.17, 15) is 10.0 Å². The van der Waals surface area contributed by atoms with Crippen molar-refractivity contribution in [3.8, 4) is 0 Å². The summed E-state index contributed by atoms with van der Waals surface area (Å²) in [5.41, 5.74) is 0. The number of hydroxylamine groups is 1. The Kier molecular flexibility index (Phi) is 9.13. The number of carbonyl (C=O) groups excluding carboxylic acids is 1. The van der Waals surface area contributed by atoms with Crippen molar-refractivity contribution in [1.29, 1.82) is 0 Å². The van der Waals surface area contributed by atoms with E-state index in [1.54, 1.807) is 6.21 Å². The zero-order valence-corrected chi connectivity index (χ0v) is 10.00. The smallest absolute Gasteiger partial charge is 0.160 e. The lowest BCUT2D eigenvalue weighted by Gasteiger charge is -2.02. The van der Waals surface area contributed by atoms with Crippen LogP contribution in [0.2, 0.25) is 0 Å². The van der Waals surface area contributed by atoms with Gasteiger partial charge in [-0.2, -0.15) is 0 Å². The summed E-state index contributed by atoms with van der Waals surface area (Å²) in [7, 11) is 0. The first-order valence-electron chi connectivity index (χ1n) is 5.93. The van der Waals surface area contributed by atoms with Crippen LogP contribution in [0, 0.1) is 5.21 Å². The minimum Gasteiger partial charge on any atom is -0.624 e. The summed E-state index contributed by atoms with van der Waals surface area (Å²) in [5, 5.41) is 11.1. The molecule has 0 fully saturated rings. The van der Waals surface area contributed by atoms with Crippen molar-refractivity contribution < 1.29 is 9.53 Å². The SMILES string of the molecule is CCCCCCC/C=[N+](\[O-])CCC(C)=O. The Morgan fingerprint density at radius 2 is 1.93 bits per heavy atom. The van der Waals surface area contributed by atoms with Crippen LogP contribution >= 0.6 is 0 Å². The lowest BCUT2D eigenvalue weighted by molar-refractivity contribution is -0.452. The fraction of sp³-hybridized carbons (Fsp3) is 0.833. The molecule has 15 heavy (non-hydrogen) atoms. The quantitative estimate of drug-likeness (QED) is 0.194. The molecular weight excluding hydrogens is 190 g/mol. The van der Waals surface area contributed by atoms with Crippen LogP contribution in [-0.4, -0.2) is 23.3 Å². The number of nitrogens with zero attached hydrogens (tertiary/aromatic N) is 1. The van der Waals surface area contributed by atoms with Crippen LogP contribution in [0.3, 0.4) is 0 Å². The molecule has 0 bridgehead atoms. The minimum atomic E-state index is 0.0761. The summed E-state index contributed by atoms with van der Waals surface area (Å²) in [6.07, 6.45) is 8.93. The topological polar surface area (TPSA) is 43.1 Å². The summed E-state index contributed by atoms with van der Waals surface area (Å²) >= 11 is 0. The lowest BCUT2D eigenvalue weighted by atomic mass is 10.1. The van der Waals surface area contributed by atoms with Crippen molar-refractivity contribution in [2.75, 3.05) is 6.54 Å². The van der Waals surface area contributed by atoms with Crippen molar-refractivity contribution in [1.82, 2.24) is 0 Å². The van der Waals surface area contributed by atoms with Gasteiger partial charge in [0, 0.05) is 6.42 Å².